The Morgan fingerprint density at radius 2 is 2.05 bits per heavy atom. The fourth-order valence-corrected chi connectivity index (χ4v) is 2.87. The fourth-order valence-electron chi connectivity index (χ4n) is 2.87. The van der Waals surface area contributed by atoms with Crippen molar-refractivity contribution < 1.29 is 9.53 Å². The Morgan fingerprint density at radius 3 is 2.70 bits per heavy atom. The molecular formula is C17H25NO2. The van der Waals surface area contributed by atoms with Crippen molar-refractivity contribution >= 4 is 6.29 Å². The molecule has 1 aliphatic rings. The molecule has 0 bridgehead atoms. The zero-order chi connectivity index (χ0) is 14.4. The van der Waals surface area contributed by atoms with Crippen LogP contribution in [-0.2, 0) is 11.3 Å². The molecule has 0 saturated carbocycles. The Hall–Kier alpha value is -1.35. The van der Waals surface area contributed by atoms with E-state index in [1.165, 1.54) is 43.5 Å². The van der Waals surface area contributed by atoms with Crippen molar-refractivity contribution in [2.45, 2.75) is 45.1 Å². The molecule has 1 unspecified atom stereocenters. The van der Waals surface area contributed by atoms with Gasteiger partial charge in [-0.05, 0) is 43.5 Å². The van der Waals surface area contributed by atoms with Gasteiger partial charge in [0.2, 0.25) is 0 Å². The Balaban J connectivity index is 2.15. The molecule has 1 heterocycles. The number of ether oxygens (including phenoxy) is 1. The molecule has 0 aliphatic carbocycles. The van der Waals surface area contributed by atoms with Gasteiger partial charge in [0.05, 0.1) is 7.11 Å². The summed E-state index contributed by atoms with van der Waals surface area (Å²) in [7, 11) is 1.73. The van der Waals surface area contributed by atoms with Crippen LogP contribution >= 0.6 is 0 Å². The van der Waals surface area contributed by atoms with Crippen molar-refractivity contribution in [3.63, 3.8) is 0 Å². The van der Waals surface area contributed by atoms with Crippen molar-refractivity contribution in [2.24, 2.45) is 0 Å². The molecule has 1 fully saturated rings. The minimum Gasteiger partial charge on any atom is -0.496 e. The molecule has 0 spiro atoms. The fraction of sp³-hybridized carbons (Fsp3) is 0.588. The number of hydrogen-bond donors (Lipinski definition) is 0. The quantitative estimate of drug-likeness (QED) is 0.745. The number of benzene rings is 1. The molecule has 1 atom stereocenters. The first-order valence-electron chi connectivity index (χ1n) is 7.57. The summed E-state index contributed by atoms with van der Waals surface area (Å²) in [4.78, 5) is 13.2. The summed E-state index contributed by atoms with van der Waals surface area (Å²) in [6, 6.07) is 6.32. The number of piperidine rings is 1. The normalized spacial score (nSPS) is 17.7. The van der Waals surface area contributed by atoms with Gasteiger partial charge in [-0.3, -0.25) is 4.90 Å². The molecule has 1 aromatic rings. The van der Waals surface area contributed by atoms with Gasteiger partial charge in [-0.25, -0.2) is 0 Å². The highest BCUT2D eigenvalue weighted by Gasteiger charge is 2.15. The van der Waals surface area contributed by atoms with Crippen LogP contribution in [0.1, 0.15) is 49.7 Å². The number of rotatable bonds is 6. The zero-order valence-corrected chi connectivity index (χ0v) is 12.6. The van der Waals surface area contributed by atoms with Gasteiger partial charge in [-0.15, -0.1) is 0 Å². The first kappa shape index (κ1) is 15.0. The van der Waals surface area contributed by atoms with Gasteiger partial charge in [0, 0.05) is 18.5 Å². The largest absolute Gasteiger partial charge is 0.496 e. The Kier molecular flexibility index (Phi) is 5.60. The minimum atomic E-state index is 0.276. The highest BCUT2D eigenvalue weighted by molar-refractivity contribution is 5.52. The molecule has 0 radical (unpaired) electrons. The first-order chi connectivity index (χ1) is 9.74. The van der Waals surface area contributed by atoms with Crippen molar-refractivity contribution in [2.75, 3.05) is 20.2 Å². The van der Waals surface area contributed by atoms with Crippen molar-refractivity contribution in [3.05, 3.63) is 29.3 Å². The molecule has 0 N–H and O–H groups in total. The lowest BCUT2D eigenvalue weighted by Crippen LogP contribution is -2.29. The zero-order valence-electron chi connectivity index (χ0n) is 12.6. The molecule has 2 rings (SSSR count). The number of hydrogen-bond acceptors (Lipinski definition) is 3. The Bertz CT molecular complexity index is 439. The molecule has 1 aliphatic heterocycles. The lowest BCUT2D eigenvalue weighted by Gasteiger charge is -2.27. The van der Waals surface area contributed by atoms with Gasteiger partial charge in [0.15, 0.2) is 0 Å². The SMILES string of the molecule is COc1ccc(C(C)CC=O)cc1CN1CCCCC1. The lowest BCUT2D eigenvalue weighted by atomic mass is 9.96. The predicted molar refractivity (Wildman–Crippen MR) is 81.2 cm³/mol. The van der Waals surface area contributed by atoms with E-state index in [-0.39, 0.29) is 5.92 Å². The Labute approximate surface area is 121 Å². The number of aldehydes is 1. The standard InChI is InChI=1S/C17H25NO2/c1-14(8-11-19)15-6-7-17(20-2)16(12-15)13-18-9-4-3-5-10-18/h6-7,11-12,14H,3-5,8-10,13H2,1-2H3. The maximum atomic E-state index is 10.7. The van der Waals surface area contributed by atoms with E-state index >= 15 is 0 Å². The van der Waals surface area contributed by atoms with Gasteiger partial charge in [0.25, 0.3) is 0 Å². The van der Waals surface area contributed by atoms with Crippen LogP contribution in [0.25, 0.3) is 0 Å². The average molecular weight is 275 g/mol. The van der Waals surface area contributed by atoms with Gasteiger partial charge >= 0.3 is 0 Å². The van der Waals surface area contributed by atoms with E-state index in [4.69, 9.17) is 4.74 Å². The number of nitrogens with zero attached hydrogens (tertiary/aromatic N) is 1. The summed E-state index contributed by atoms with van der Waals surface area (Å²) in [5, 5.41) is 0. The molecular weight excluding hydrogens is 250 g/mol. The van der Waals surface area contributed by atoms with E-state index in [2.05, 4.69) is 24.0 Å². The number of methoxy groups -OCH3 is 1. The van der Waals surface area contributed by atoms with Crippen LogP contribution in [-0.4, -0.2) is 31.4 Å². The third kappa shape index (κ3) is 3.83. The molecule has 1 aromatic carbocycles. The van der Waals surface area contributed by atoms with E-state index in [0.29, 0.717) is 6.42 Å². The van der Waals surface area contributed by atoms with Crippen LogP contribution in [0.5, 0.6) is 5.75 Å². The summed E-state index contributed by atoms with van der Waals surface area (Å²) < 4.78 is 5.49. The summed E-state index contributed by atoms with van der Waals surface area (Å²) in [5.41, 5.74) is 2.47. The average Bonchev–Trinajstić information content (AvgIpc) is 2.48. The van der Waals surface area contributed by atoms with E-state index < -0.39 is 0 Å². The number of carbonyl (C=O) groups is 1. The van der Waals surface area contributed by atoms with Crippen molar-refractivity contribution in [1.29, 1.82) is 0 Å². The molecule has 0 aromatic heterocycles. The molecule has 1 saturated heterocycles. The monoisotopic (exact) mass is 275 g/mol. The topological polar surface area (TPSA) is 29.5 Å². The number of likely N-dealkylation sites (tertiary alicyclic amines) is 1. The minimum absolute atomic E-state index is 0.276. The van der Waals surface area contributed by atoms with Crippen LogP contribution in [0.2, 0.25) is 0 Å². The number of carbonyl (C=O) groups excluding carboxylic acids is 1. The third-order valence-corrected chi connectivity index (χ3v) is 4.17. The van der Waals surface area contributed by atoms with Crippen LogP contribution in [0.3, 0.4) is 0 Å². The van der Waals surface area contributed by atoms with E-state index in [1.54, 1.807) is 7.11 Å². The van der Waals surface area contributed by atoms with Crippen LogP contribution in [0, 0.1) is 0 Å². The van der Waals surface area contributed by atoms with Crippen LogP contribution in [0.15, 0.2) is 18.2 Å². The van der Waals surface area contributed by atoms with E-state index in [0.717, 1.165) is 18.6 Å². The van der Waals surface area contributed by atoms with Crippen molar-refractivity contribution in [1.82, 2.24) is 4.90 Å². The van der Waals surface area contributed by atoms with E-state index in [1.807, 2.05) is 6.07 Å². The molecule has 110 valence electrons. The predicted octanol–water partition coefficient (Wildman–Crippen LogP) is 3.37. The Morgan fingerprint density at radius 1 is 1.30 bits per heavy atom. The second kappa shape index (κ2) is 7.44. The summed E-state index contributed by atoms with van der Waals surface area (Å²) >= 11 is 0. The van der Waals surface area contributed by atoms with Crippen LogP contribution in [0.4, 0.5) is 0 Å². The third-order valence-electron chi connectivity index (χ3n) is 4.17. The van der Waals surface area contributed by atoms with Gasteiger partial charge in [0.1, 0.15) is 12.0 Å². The maximum absolute atomic E-state index is 10.7. The van der Waals surface area contributed by atoms with Crippen molar-refractivity contribution in [3.8, 4) is 5.75 Å². The van der Waals surface area contributed by atoms with Gasteiger partial charge in [-0.2, -0.15) is 0 Å². The van der Waals surface area contributed by atoms with Gasteiger partial charge < -0.3 is 9.53 Å². The molecule has 0 amide bonds. The molecule has 3 nitrogen and oxygen atoms in total. The first-order valence-corrected chi connectivity index (χ1v) is 7.57. The van der Waals surface area contributed by atoms with E-state index in [9.17, 15) is 4.79 Å². The highest BCUT2D eigenvalue weighted by atomic mass is 16.5. The second-order valence-corrected chi connectivity index (χ2v) is 5.71. The van der Waals surface area contributed by atoms with Gasteiger partial charge in [-0.1, -0.05) is 25.5 Å². The maximum Gasteiger partial charge on any atom is 0.123 e. The summed E-state index contributed by atoms with van der Waals surface area (Å²) in [6.07, 6.45) is 5.52. The summed E-state index contributed by atoms with van der Waals surface area (Å²) in [5.74, 6) is 1.23. The lowest BCUT2D eigenvalue weighted by molar-refractivity contribution is -0.108. The smallest absolute Gasteiger partial charge is 0.123 e. The highest BCUT2D eigenvalue weighted by Crippen LogP contribution is 2.27. The molecule has 3 heteroatoms. The second-order valence-electron chi connectivity index (χ2n) is 5.71. The molecule has 20 heavy (non-hydrogen) atoms. The van der Waals surface area contributed by atoms with Crippen LogP contribution < -0.4 is 4.74 Å². The summed E-state index contributed by atoms with van der Waals surface area (Å²) in [6.45, 7) is 5.40.